The van der Waals surface area contributed by atoms with E-state index in [9.17, 15) is 9.59 Å². The first kappa shape index (κ1) is 19.8. The third kappa shape index (κ3) is 3.08. The number of nitrogens with zero attached hydrogens (tertiary/aromatic N) is 3. The summed E-state index contributed by atoms with van der Waals surface area (Å²) in [4.78, 5) is 33.2. The second kappa shape index (κ2) is 7.20. The van der Waals surface area contributed by atoms with Crippen molar-refractivity contribution in [3.63, 3.8) is 0 Å². The maximum atomic E-state index is 13.5. The lowest BCUT2D eigenvalue weighted by molar-refractivity contribution is -0.143. The van der Waals surface area contributed by atoms with E-state index in [2.05, 4.69) is 44.0 Å². The Bertz CT molecular complexity index is 913. The molecule has 4 aliphatic heterocycles. The van der Waals surface area contributed by atoms with Gasteiger partial charge in [-0.25, -0.2) is 0 Å². The summed E-state index contributed by atoms with van der Waals surface area (Å²) in [6.07, 6.45) is 4.76. The Morgan fingerprint density at radius 2 is 2.03 bits per heavy atom. The number of amides is 2. The van der Waals surface area contributed by atoms with Crippen LogP contribution in [0.3, 0.4) is 0 Å². The van der Waals surface area contributed by atoms with Gasteiger partial charge in [-0.1, -0.05) is 35.9 Å². The van der Waals surface area contributed by atoms with E-state index in [0.717, 1.165) is 38.2 Å². The molecule has 2 bridgehead atoms. The fourth-order valence-electron chi connectivity index (χ4n) is 5.65. The summed E-state index contributed by atoms with van der Waals surface area (Å²) in [5.74, 6) is -0.637. The van der Waals surface area contributed by atoms with Crippen LogP contribution in [0.4, 0.5) is 0 Å². The van der Waals surface area contributed by atoms with E-state index in [1.54, 1.807) is 0 Å². The Kier molecular flexibility index (Phi) is 4.75. The van der Waals surface area contributed by atoms with Crippen LogP contribution in [-0.4, -0.2) is 78.0 Å². The zero-order chi connectivity index (χ0) is 21.0. The zero-order valence-electron chi connectivity index (χ0n) is 18.1. The minimum atomic E-state index is -0.636. The molecule has 2 amide bonds. The van der Waals surface area contributed by atoms with Gasteiger partial charge in [-0.05, 0) is 45.0 Å². The Balaban J connectivity index is 1.38. The predicted octanol–water partition coefficient (Wildman–Crippen LogP) is 1.75. The van der Waals surface area contributed by atoms with Crippen LogP contribution in [0, 0.1) is 25.7 Å². The van der Waals surface area contributed by atoms with E-state index in [-0.39, 0.29) is 17.9 Å². The molecule has 0 aromatic heterocycles. The molecule has 3 fully saturated rings. The zero-order valence-corrected chi connectivity index (χ0v) is 18.1. The number of hydrogen-bond acceptors (Lipinski definition) is 4. The summed E-state index contributed by atoms with van der Waals surface area (Å²) < 4.78 is 6.32. The largest absolute Gasteiger partial charge is 0.360 e. The van der Waals surface area contributed by atoms with Crippen LogP contribution in [0.2, 0.25) is 0 Å². The summed E-state index contributed by atoms with van der Waals surface area (Å²) in [5.41, 5.74) is 2.90. The normalized spacial score (nSPS) is 33.3. The maximum absolute atomic E-state index is 13.5. The molecule has 1 spiro atoms. The van der Waals surface area contributed by atoms with Crippen LogP contribution in [0.1, 0.15) is 23.1 Å². The summed E-state index contributed by atoms with van der Waals surface area (Å²) in [6, 6.07) is 6.35. The molecule has 160 valence electrons. The summed E-state index contributed by atoms with van der Waals surface area (Å²) in [7, 11) is 2.10. The van der Waals surface area contributed by atoms with Gasteiger partial charge in [-0.2, -0.15) is 0 Å². The highest BCUT2D eigenvalue weighted by molar-refractivity contribution is 5.93. The summed E-state index contributed by atoms with van der Waals surface area (Å²) in [5, 5.41) is 0. The lowest BCUT2D eigenvalue weighted by Crippen LogP contribution is -2.47. The Labute approximate surface area is 178 Å². The van der Waals surface area contributed by atoms with Crippen LogP contribution >= 0.6 is 0 Å². The van der Waals surface area contributed by atoms with Crippen molar-refractivity contribution in [2.75, 3.05) is 39.8 Å². The molecule has 0 N–H and O–H groups in total. The van der Waals surface area contributed by atoms with Crippen molar-refractivity contribution < 1.29 is 14.3 Å². The molecule has 4 aliphatic rings. The highest BCUT2D eigenvalue weighted by Gasteiger charge is 2.67. The van der Waals surface area contributed by atoms with E-state index >= 15 is 0 Å². The van der Waals surface area contributed by atoms with Gasteiger partial charge < -0.3 is 19.4 Å². The highest BCUT2D eigenvalue weighted by Crippen LogP contribution is 2.52. The average Bonchev–Trinajstić information content (AvgIpc) is 3.28. The molecule has 0 radical (unpaired) electrons. The van der Waals surface area contributed by atoms with E-state index in [4.69, 9.17) is 4.74 Å². The van der Waals surface area contributed by atoms with Crippen molar-refractivity contribution >= 4 is 11.8 Å². The van der Waals surface area contributed by atoms with Gasteiger partial charge in [0.05, 0.1) is 24.5 Å². The van der Waals surface area contributed by atoms with Crippen LogP contribution < -0.4 is 0 Å². The molecule has 30 heavy (non-hydrogen) atoms. The van der Waals surface area contributed by atoms with Crippen LogP contribution in [0.25, 0.3) is 0 Å². The quantitative estimate of drug-likeness (QED) is 0.714. The summed E-state index contributed by atoms with van der Waals surface area (Å²) in [6.45, 7) is 8.62. The number of likely N-dealkylation sites (N-methyl/N-ethyl adjacent to an activating group) is 1. The van der Waals surface area contributed by atoms with E-state index < -0.39 is 17.4 Å². The number of rotatable bonds is 3. The molecular formula is C24H31N3O3. The van der Waals surface area contributed by atoms with Gasteiger partial charge in [0.1, 0.15) is 5.60 Å². The number of carbonyl (C=O) groups is 2. The fraction of sp³-hybridized carbons (Fsp3) is 0.583. The SMILES string of the molecule is Cc1ccc(C)c(CN2C[C@]34C=C[C@H](O3)[C@H](C(=O)N3CCCN(C)CC3)[C@H]4C2=O)c1. The van der Waals surface area contributed by atoms with Crippen LogP contribution in [0.5, 0.6) is 0 Å². The smallest absolute Gasteiger partial charge is 0.230 e. The van der Waals surface area contributed by atoms with Gasteiger partial charge in [0, 0.05) is 26.2 Å². The molecule has 0 unspecified atom stereocenters. The van der Waals surface area contributed by atoms with E-state index in [1.807, 2.05) is 22.0 Å². The minimum absolute atomic E-state index is 0.0630. The van der Waals surface area contributed by atoms with Crippen LogP contribution in [0.15, 0.2) is 30.4 Å². The first-order valence-corrected chi connectivity index (χ1v) is 11.1. The van der Waals surface area contributed by atoms with Gasteiger partial charge >= 0.3 is 0 Å². The predicted molar refractivity (Wildman–Crippen MR) is 114 cm³/mol. The maximum Gasteiger partial charge on any atom is 0.230 e. The first-order chi connectivity index (χ1) is 14.4. The lowest BCUT2D eigenvalue weighted by atomic mass is 9.76. The highest BCUT2D eigenvalue weighted by atomic mass is 16.5. The average molecular weight is 410 g/mol. The number of aryl methyl sites for hydroxylation is 2. The van der Waals surface area contributed by atoms with Crippen molar-refractivity contribution in [1.29, 1.82) is 0 Å². The number of fused-ring (bicyclic) bond motifs is 1. The number of hydrogen-bond donors (Lipinski definition) is 0. The standard InChI is InChI=1S/C24H31N3O3/c1-16-5-6-17(2)18(13-16)14-27-15-24-8-7-19(30-24)20(21(24)23(27)29)22(28)26-10-4-9-25(3)11-12-26/h5-8,13,19-21H,4,9-12,14-15H2,1-3H3/t19-,20-,21-,24-/m0/s1. The minimum Gasteiger partial charge on any atom is -0.360 e. The third-order valence-corrected chi connectivity index (χ3v) is 7.36. The second-order valence-corrected chi connectivity index (χ2v) is 9.51. The first-order valence-electron chi connectivity index (χ1n) is 11.1. The Hall–Kier alpha value is -2.18. The number of likely N-dealkylation sites (tertiary alicyclic amines) is 1. The summed E-state index contributed by atoms with van der Waals surface area (Å²) >= 11 is 0. The molecule has 1 aromatic carbocycles. The number of benzene rings is 1. The molecule has 5 rings (SSSR count). The molecule has 4 heterocycles. The van der Waals surface area contributed by atoms with Crippen LogP contribution in [-0.2, 0) is 20.9 Å². The van der Waals surface area contributed by atoms with Gasteiger partial charge in [0.15, 0.2) is 0 Å². The van der Waals surface area contributed by atoms with Gasteiger partial charge in [0.2, 0.25) is 11.8 Å². The fourth-order valence-corrected chi connectivity index (χ4v) is 5.65. The van der Waals surface area contributed by atoms with Crippen molar-refractivity contribution in [1.82, 2.24) is 14.7 Å². The van der Waals surface area contributed by atoms with Crippen molar-refractivity contribution in [2.24, 2.45) is 11.8 Å². The topological polar surface area (TPSA) is 53.1 Å². The number of carbonyl (C=O) groups excluding carboxylic acids is 2. The molecule has 6 heteroatoms. The van der Waals surface area contributed by atoms with Gasteiger partial charge in [0.25, 0.3) is 0 Å². The second-order valence-electron chi connectivity index (χ2n) is 9.51. The molecule has 0 aliphatic carbocycles. The van der Waals surface area contributed by atoms with Gasteiger partial charge in [-0.15, -0.1) is 0 Å². The number of ether oxygens (including phenoxy) is 1. The monoisotopic (exact) mass is 409 g/mol. The molecular weight excluding hydrogens is 378 g/mol. The third-order valence-electron chi connectivity index (χ3n) is 7.36. The molecule has 4 atom stereocenters. The lowest BCUT2D eigenvalue weighted by Gasteiger charge is -2.29. The van der Waals surface area contributed by atoms with E-state index in [0.29, 0.717) is 13.1 Å². The Morgan fingerprint density at radius 3 is 2.87 bits per heavy atom. The van der Waals surface area contributed by atoms with Crippen molar-refractivity contribution in [3.05, 3.63) is 47.0 Å². The van der Waals surface area contributed by atoms with Crippen molar-refractivity contribution in [3.8, 4) is 0 Å². The molecule has 0 saturated carbocycles. The molecule has 3 saturated heterocycles. The van der Waals surface area contributed by atoms with Gasteiger partial charge in [-0.3, -0.25) is 9.59 Å². The van der Waals surface area contributed by atoms with E-state index in [1.165, 1.54) is 11.1 Å². The van der Waals surface area contributed by atoms with Crippen molar-refractivity contribution in [2.45, 2.75) is 38.5 Å². The molecule has 1 aromatic rings. The Morgan fingerprint density at radius 1 is 1.20 bits per heavy atom. The molecule has 6 nitrogen and oxygen atoms in total.